The van der Waals surface area contributed by atoms with E-state index in [-0.39, 0.29) is 6.03 Å². The normalized spacial score (nSPS) is 10.4. The molecule has 0 saturated heterocycles. The highest BCUT2D eigenvalue weighted by Gasteiger charge is 2.07. The number of urea groups is 1. The number of benzene rings is 1. The van der Waals surface area contributed by atoms with Crippen LogP contribution < -0.4 is 21.7 Å². The third-order valence-corrected chi connectivity index (χ3v) is 4.02. The fraction of sp³-hybridized carbons (Fsp3) is 0.400. The van der Waals surface area contributed by atoms with E-state index >= 15 is 0 Å². The molecule has 1 aromatic heterocycles. The maximum absolute atomic E-state index is 12.1. The molecule has 0 bridgehead atoms. The molecular weight excluding hydrogens is 326 g/mol. The minimum Gasteiger partial charge on any atom is -0.338 e. The molecule has 1 aromatic carbocycles. The van der Waals surface area contributed by atoms with Crippen LogP contribution in [0.1, 0.15) is 38.2 Å². The average Bonchev–Trinajstić information content (AvgIpc) is 2.65. The number of anilines is 3. The van der Waals surface area contributed by atoms with Crippen molar-refractivity contribution in [2.75, 3.05) is 23.7 Å². The summed E-state index contributed by atoms with van der Waals surface area (Å²) < 4.78 is 0. The van der Waals surface area contributed by atoms with Gasteiger partial charge in [-0.15, -0.1) is 0 Å². The van der Waals surface area contributed by atoms with Gasteiger partial charge in [-0.05, 0) is 49.2 Å². The molecule has 2 aromatic rings. The summed E-state index contributed by atoms with van der Waals surface area (Å²) in [6, 6.07) is 11.5. The summed E-state index contributed by atoms with van der Waals surface area (Å²) in [6.07, 6.45) is 7.06. The van der Waals surface area contributed by atoms with Crippen molar-refractivity contribution in [2.24, 2.45) is 5.73 Å². The molecule has 1 heterocycles. The third kappa shape index (κ3) is 6.72. The van der Waals surface area contributed by atoms with Crippen molar-refractivity contribution in [3.05, 3.63) is 48.2 Å². The van der Waals surface area contributed by atoms with Gasteiger partial charge in [0.1, 0.15) is 0 Å². The van der Waals surface area contributed by atoms with Gasteiger partial charge in [-0.1, -0.05) is 38.3 Å². The molecule has 0 fully saturated rings. The van der Waals surface area contributed by atoms with Gasteiger partial charge in [-0.25, -0.2) is 9.78 Å². The molecule has 0 unspecified atom stereocenters. The van der Waals surface area contributed by atoms with E-state index in [1.54, 1.807) is 12.3 Å². The second-order valence-electron chi connectivity index (χ2n) is 6.20. The quantitative estimate of drug-likeness (QED) is 0.484. The van der Waals surface area contributed by atoms with Gasteiger partial charge >= 0.3 is 6.03 Å². The number of nitrogens with two attached hydrogens (primary N) is 1. The largest absolute Gasteiger partial charge is 0.338 e. The summed E-state index contributed by atoms with van der Waals surface area (Å²) in [6.45, 7) is 3.48. The molecule has 26 heavy (non-hydrogen) atoms. The van der Waals surface area contributed by atoms with Crippen LogP contribution in [0.2, 0.25) is 0 Å². The summed E-state index contributed by atoms with van der Waals surface area (Å²) in [7, 11) is 0. The molecule has 6 nitrogen and oxygen atoms in total. The van der Waals surface area contributed by atoms with Crippen LogP contribution in [0.4, 0.5) is 22.0 Å². The predicted molar refractivity (Wildman–Crippen MR) is 108 cm³/mol. The van der Waals surface area contributed by atoms with Gasteiger partial charge in [0.15, 0.2) is 5.82 Å². The summed E-state index contributed by atoms with van der Waals surface area (Å²) in [5, 5.41) is 8.99. The van der Waals surface area contributed by atoms with Crippen molar-refractivity contribution in [1.82, 2.24) is 10.3 Å². The number of carbonyl (C=O) groups excluding carboxylic acids is 1. The van der Waals surface area contributed by atoms with Crippen LogP contribution in [0.15, 0.2) is 42.6 Å². The maximum Gasteiger partial charge on any atom is 0.319 e. The van der Waals surface area contributed by atoms with E-state index in [1.165, 1.54) is 18.4 Å². The number of carbonyl (C=O) groups is 1. The first-order valence-corrected chi connectivity index (χ1v) is 9.29. The zero-order valence-electron chi connectivity index (χ0n) is 15.4. The van der Waals surface area contributed by atoms with Crippen molar-refractivity contribution in [3.63, 3.8) is 0 Å². The number of nitrogens with one attached hydrogen (secondary N) is 3. The number of nitrogens with zero attached hydrogens (tertiary/aromatic N) is 1. The van der Waals surface area contributed by atoms with E-state index < -0.39 is 0 Å². The fourth-order valence-electron chi connectivity index (χ4n) is 2.58. The molecule has 6 heteroatoms. The standard InChI is InChI=1S/C20H29N5O/c1-2-3-4-5-14-23-20(26)25-18-7-6-15-22-19(18)24-17-10-8-16(9-11-17)12-13-21/h6-11,15H,2-5,12-14,21H2,1H3,(H,22,24)(H2,23,25,26). The van der Waals surface area contributed by atoms with E-state index in [0.29, 0.717) is 24.6 Å². The lowest BCUT2D eigenvalue weighted by Gasteiger charge is -2.13. The number of rotatable bonds is 10. The van der Waals surface area contributed by atoms with E-state index in [0.717, 1.165) is 24.9 Å². The molecule has 0 aliphatic rings. The van der Waals surface area contributed by atoms with Crippen molar-refractivity contribution >= 4 is 23.2 Å². The van der Waals surface area contributed by atoms with Crippen LogP contribution in [-0.2, 0) is 6.42 Å². The molecule has 2 amide bonds. The van der Waals surface area contributed by atoms with Crippen molar-refractivity contribution in [2.45, 2.75) is 39.0 Å². The zero-order valence-corrected chi connectivity index (χ0v) is 15.4. The van der Waals surface area contributed by atoms with Crippen molar-refractivity contribution < 1.29 is 4.79 Å². The second-order valence-corrected chi connectivity index (χ2v) is 6.20. The summed E-state index contributed by atoms with van der Waals surface area (Å²) in [5.41, 5.74) is 8.32. The number of unbranched alkanes of at least 4 members (excludes halogenated alkanes) is 3. The summed E-state index contributed by atoms with van der Waals surface area (Å²) >= 11 is 0. The minimum atomic E-state index is -0.212. The zero-order chi connectivity index (χ0) is 18.6. The molecule has 0 atom stereocenters. The number of amides is 2. The van der Waals surface area contributed by atoms with Gasteiger partial charge in [0, 0.05) is 18.4 Å². The predicted octanol–water partition coefficient (Wildman–Crippen LogP) is 4.03. The van der Waals surface area contributed by atoms with Crippen LogP contribution in [0.3, 0.4) is 0 Å². The van der Waals surface area contributed by atoms with E-state index in [9.17, 15) is 4.79 Å². The average molecular weight is 355 g/mol. The highest BCUT2D eigenvalue weighted by molar-refractivity contribution is 5.92. The molecule has 0 aliphatic heterocycles. The smallest absolute Gasteiger partial charge is 0.319 e. The monoisotopic (exact) mass is 355 g/mol. The van der Waals surface area contributed by atoms with E-state index in [1.807, 2.05) is 30.3 Å². The molecular formula is C20H29N5O. The number of pyridine rings is 1. The number of aromatic nitrogens is 1. The minimum absolute atomic E-state index is 0.212. The Balaban J connectivity index is 1.91. The van der Waals surface area contributed by atoms with Crippen LogP contribution in [0.25, 0.3) is 0 Å². The second kappa shape index (κ2) is 11.1. The lowest BCUT2D eigenvalue weighted by Crippen LogP contribution is -2.29. The molecule has 0 spiro atoms. The Morgan fingerprint density at radius 2 is 1.92 bits per heavy atom. The van der Waals surface area contributed by atoms with E-state index in [2.05, 4.69) is 27.9 Å². The Labute approximate surface area is 155 Å². The maximum atomic E-state index is 12.1. The number of hydrogen-bond acceptors (Lipinski definition) is 4. The van der Waals surface area contributed by atoms with Crippen LogP contribution in [-0.4, -0.2) is 24.1 Å². The van der Waals surface area contributed by atoms with Gasteiger partial charge in [-0.3, -0.25) is 0 Å². The number of hydrogen-bond donors (Lipinski definition) is 4. The first-order valence-electron chi connectivity index (χ1n) is 9.29. The molecule has 0 radical (unpaired) electrons. The van der Waals surface area contributed by atoms with Crippen LogP contribution >= 0.6 is 0 Å². The topological polar surface area (TPSA) is 92.1 Å². The highest BCUT2D eigenvalue weighted by Crippen LogP contribution is 2.23. The van der Waals surface area contributed by atoms with Crippen molar-refractivity contribution in [3.8, 4) is 0 Å². The summed E-state index contributed by atoms with van der Waals surface area (Å²) in [5.74, 6) is 0.611. The lowest BCUT2D eigenvalue weighted by atomic mass is 10.1. The molecule has 2 rings (SSSR count). The van der Waals surface area contributed by atoms with Gasteiger partial charge in [0.2, 0.25) is 0 Å². The van der Waals surface area contributed by atoms with Crippen molar-refractivity contribution in [1.29, 1.82) is 0 Å². The van der Waals surface area contributed by atoms with E-state index in [4.69, 9.17) is 5.73 Å². The molecule has 0 aliphatic carbocycles. The Morgan fingerprint density at radius 3 is 2.65 bits per heavy atom. The van der Waals surface area contributed by atoms with Gasteiger partial charge in [0.05, 0.1) is 5.69 Å². The first-order chi connectivity index (χ1) is 12.7. The van der Waals surface area contributed by atoms with Crippen LogP contribution in [0, 0.1) is 0 Å². The Morgan fingerprint density at radius 1 is 1.12 bits per heavy atom. The van der Waals surface area contributed by atoms with Gasteiger partial charge in [0.25, 0.3) is 0 Å². The highest BCUT2D eigenvalue weighted by atomic mass is 16.2. The molecule has 140 valence electrons. The first kappa shape index (κ1) is 19.7. The molecule has 5 N–H and O–H groups in total. The Bertz CT molecular complexity index is 672. The Hall–Kier alpha value is -2.60. The SMILES string of the molecule is CCCCCCNC(=O)Nc1cccnc1Nc1ccc(CCN)cc1. The van der Waals surface area contributed by atoms with Gasteiger partial charge in [-0.2, -0.15) is 0 Å². The summed E-state index contributed by atoms with van der Waals surface area (Å²) in [4.78, 5) is 16.4. The van der Waals surface area contributed by atoms with Crippen LogP contribution in [0.5, 0.6) is 0 Å². The Kier molecular flexibility index (Phi) is 8.42. The van der Waals surface area contributed by atoms with Gasteiger partial charge < -0.3 is 21.7 Å². The lowest BCUT2D eigenvalue weighted by molar-refractivity contribution is 0.252. The fourth-order valence-corrected chi connectivity index (χ4v) is 2.58. The third-order valence-electron chi connectivity index (χ3n) is 4.02. The molecule has 0 saturated carbocycles.